The van der Waals surface area contributed by atoms with E-state index in [1.165, 1.54) is 12.1 Å². The molecule has 0 aromatic heterocycles. The van der Waals surface area contributed by atoms with Gasteiger partial charge in [-0.05, 0) is 51.8 Å². The third-order valence-corrected chi connectivity index (χ3v) is 3.53. The Morgan fingerprint density at radius 3 is 2.67 bits per heavy atom. The molecular weight excluding hydrogens is 339 g/mol. The molecule has 4 nitrogen and oxygen atoms in total. The van der Waals surface area contributed by atoms with Gasteiger partial charge in [-0.3, -0.25) is 9.59 Å². The zero-order valence-corrected chi connectivity index (χ0v) is 12.5. The van der Waals surface area contributed by atoms with Crippen molar-refractivity contribution in [2.75, 3.05) is 0 Å². The van der Waals surface area contributed by atoms with E-state index in [4.69, 9.17) is 5.73 Å². The molecule has 0 radical (unpaired) electrons. The molecule has 2 aromatic carbocycles. The summed E-state index contributed by atoms with van der Waals surface area (Å²) >= 11 is 3.20. The molecule has 2 rings (SSSR count). The Bertz CT molecular complexity index is 704. The number of hydrogen-bond donors (Lipinski definition) is 2. The largest absolute Gasteiger partial charge is 0.366 e. The fourth-order valence-corrected chi connectivity index (χ4v) is 2.21. The van der Waals surface area contributed by atoms with E-state index in [1.807, 2.05) is 0 Å². The zero-order valence-electron chi connectivity index (χ0n) is 10.9. The molecule has 0 saturated heterocycles. The van der Waals surface area contributed by atoms with Crippen LogP contribution in [0.25, 0.3) is 0 Å². The first-order valence-corrected chi connectivity index (χ1v) is 6.88. The van der Waals surface area contributed by atoms with Crippen molar-refractivity contribution in [3.63, 3.8) is 0 Å². The molecule has 0 atom stereocenters. The van der Waals surface area contributed by atoms with Gasteiger partial charge in [-0.2, -0.15) is 0 Å². The summed E-state index contributed by atoms with van der Waals surface area (Å²) in [4.78, 5) is 23.1. The van der Waals surface area contributed by atoms with Gasteiger partial charge in [0.25, 0.3) is 5.91 Å². The predicted molar refractivity (Wildman–Crippen MR) is 80.2 cm³/mol. The van der Waals surface area contributed by atoms with Gasteiger partial charge < -0.3 is 11.1 Å². The summed E-state index contributed by atoms with van der Waals surface area (Å²) in [7, 11) is 0. The monoisotopic (exact) mass is 350 g/mol. The third kappa shape index (κ3) is 3.88. The van der Waals surface area contributed by atoms with Crippen molar-refractivity contribution in [3.05, 3.63) is 69.4 Å². The Morgan fingerprint density at radius 2 is 1.95 bits per heavy atom. The van der Waals surface area contributed by atoms with E-state index in [0.717, 1.165) is 11.6 Å². The fourth-order valence-electron chi connectivity index (χ4n) is 1.78. The Balaban J connectivity index is 2.09. The van der Waals surface area contributed by atoms with Gasteiger partial charge in [0.1, 0.15) is 5.82 Å². The molecule has 0 saturated carbocycles. The van der Waals surface area contributed by atoms with E-state index in [-0.39, 0.29) is 12.1 Å². The molecule has 0 bridgehead atoms. The van der Waals surface area contributed by atoms with Crippen molar-refractivity contribution in [2.24, 2.45) is 5.73 Å². The van der Waals surface area contributed by atoms with Gasteiger partial charge in [-0.25, -0.2) is 4.39 Å². The van der Waals surface area contributed by atoms with Crippen molar-refractivity contribution in [2.45, 2.75) is 6.54 Å². The van der Waals surface area contributed by atoms with Crippen LogP contribution in [0.5, 0.6) is 0 Å². The second-order valence-electron chi connectivity index (χ2n) is 4.37. The van der Waals surface area contributed by atoms with E-state index < -0.39 is 17.6 Å². The van der Waals surface area contributed by atoms with Crippen molar-refractivity contribution in [1.82, 2.24) is 5.32 Å². The number of rotatable bonds is 4. The first-order chi connectivity index (χ1) is 9.97. The fraction of sp³-hybridized carbons (Fsp3) is 0.0667. The lowest BCUT2D eigenvalue weighted by Gasteiger charge is -2.08. The molecule has 3 N–H and O–H groups in total. The maximum atomic E-state index is 13.2. The molecule has 108 valence electrons. The quantitative estimate of drug-likeness (QED) is 0.889. The Labute approximate surface area is 129 Å². The van der Waals surface area contributed by atoms with Crippen LogP contribution in [-0.4, -0.2) is 11.8 Å². The molecule has 0 aliphatic carbocycles. The minimum atomic E-state index is -0.531. The van der Waals surface area contributed by atoms with Crippen molar-refractivity contribution in [3.8, 4) is 0 Å². The molecular formula is C15H12BrFN2O2. The lowest BCUT2D eigenvalue weighted by Crippen LogP contribution is -2.23. The van der Waals surface area contributed by atoms with Crippen molar-refractivity contribution >= 4 is 27.7 Å². The molecule has 2 aromatic rings. The normalized spacial score (nSPS) is 10.2. The first-order valence-electron chi connectivity index (χ1n) is 6.09. The van der Waals surface area contributed by atoms with Crippen LogP contribution in [0.4, 0.5) is 4.39 Å². The summed E-state index contributed by atoms with van der Waals surface area (Å²) in [5.74, 6) is -1.43. The molecule has 6 heteroatoms. The Morgan fingerprint density at radius 1 is 1.19 bits per heavy atom. The molecule has 2 amide bonds. The molecule has 0 fully saturated rings. The molecule has 21 heavy (non-hydrogen) atoms. The Hall–Kier alpha value is -2.21. The van der Waals surface area contributed by atoms with Crippen LogP contribution in [0.15, 0.2) is 46.9 Å². The second-order valence-corrected chi connectivity index (χ2v) is 5.23. The third-order valence-electron chi connectivity index (χ3n) is 2.84. The van der Waals surface area contributed by atoms with Gasteiger partial charge in [0.2, 0.25) is 5.91 Å². The maximum Gasteiger partial charge on any atom is 0.252 e. The molecule has 0 spiro atoms. The average Bonchev–Trinajstić information content (AvgIpc) is 2.47. The number of hydrogen-bond acceptors (Lipinski definition) is 2. The van der Waals surface area contributed by atoms with Crippen LogP contribution >= 0.6 is 15.9 Å². The van der Waals surface area contributed by atoms with Crippen molar-refractivity contribution < 1.29 is 14.0 Å². The van der Waals surface area contributed by atoms with Gasteiger partial charge in [-0.1, -0.05) is 12.1 Å². The van der Waals surface area contributed by atoms with Crippen LogP contribution in [0, 0.1) is 5.82 Å². The SMILES string of the molecule is NC(=O)c1cccc(CNC(=O)c2cc(F)ccc2Br)c1. The number of carbonyl (C=O) groups is 2. The zero-order chi connectivity index (χ0) is 15.4. The van der Waals surface area contributed by atoms with E-state index in [9.17, 15) is 14.0 Å². The van der Waals surface area contributed by atoms with E-state index in [0.29, 0.717) is 10.0 Å². The van der Waals surface area contributed by atoms with Gasteiger partial charge in [0, 0.05) is 16.6 Å². The molecule has 0 unspecified atom stereocenters. The highest BCUT2D eigenvalue weighted by Crippen LogP contribution is 2.17. The molecule has 0 aliphatic heterocycles. The highest BCUT2D eigenvalue weighted by Gasteiger charge is 2.11. The number of benzene rings is 2. The standard InChI is InChI=1S/C15H12BrFN2O2/c16-13-5-4-11(17)7-12(13)15(21)19-8-9-2-1-3-10(6-9)14(18)20/h1-7H,8H2,(H2,18,20)(H,19,21). The van der Waals surface area contributed by atoms with E-state index >= 15 is 0 Å². The number of nitrogens with two attached hydrogens (primary N) is 1. The van der Waals surface area contributed by atoms with Crippen LogP contribution in [0.1, 0.15) is 26.3 Å². The number of primary amides is 1. The lowest BCUT2D eigenvalue weighted by atomic mass is 10.1. The van der Waals surface area contributed by atoms with Crippen LogP contribution < -0.4 is 11.1 Å². The maximum absolute atomic E-state index is 13.2. The highest BCUT2D eigenvalue weighted by molar-refractivity contribution is 9.10. The smallest absolute Gasteiger partial charge is 0.252 e. The molecule has 0 aliphatic rings. The van der Waals surface area contributed by atoms with Gasteiger partial charge >= 0.3 is 0 Å². The van der Waals surface area contributed by atoms with Gasteiger partial charge in [-0.15, -0.1) is 0 Å². The highest BCUT2D eigenvalue weighted by atomic mass is 79.9. The summed E-state index contributed by atoms with van der Waals surface area (Å²) in [6.07, 6.45) is 0. The van der Waals surface area contributed by atoms with Gasteiger partial charge in [0.15, 0.2) is 0 Å². The predicted octanol–water partition coefficient (Wildman–Crippen LogP) is 2.62. The van der Waals surface area contributed by atoms with Crippen LogP contribution in [0.3, 0.4) is 0 Å². The minimum Gasteiger partial charge on any atom is -0.366 e. The Kier molecular flexibility index (Phi) is 4.70. The summed E-state index contributed by atoms with van der Waals surface area (Å²) in [6, 6.07) is 10.5. The van der Waals surface area contributed by atoms with E-state index in [2.05, 4.69) is 21.2 Å². The van der Waals surface area contributed by atoms with Crippen LogP contribution in [0.2, 0.25) is 0 Å². The lowest BCUT2D eigenvalue weighted by molar-refractivity contribution is 0.0949. The number of nitrogens with one attached hydrogen (secondary N) is 1. The molecule has 0 heterocycles. The van der Waals surface area contributed by atoms with E-state index in [1.54, 1.807) is 24.3 Å². The number of carbonyl (C=O) groups excluding carboxylic acids is 2. The minimum absolute atomic E-state index is 0.209. The number of amides is 2. The summed E-state index contributed by atoms with van der Waals surface area (Å²) in [5.41, 5.74) is 6.50. The topological polar surface area (TPSA) is 72.2 Å². The summed E-state index contributed by atoms with van der Waals surface area (Å²) in [6.45, 7) is 0.211. The number of halogens is 2. The van der Waals surface area contributed by atoms with Crippen LogP contribution in [-0.2, 0) is 6.54 Å². The first kappa shape index (κ1) is 15.2. The summed E-state index contributed by atoms with van der Waals surface area (Å²) < 4.78 is 13.7. The second kappa shape index (κ2) is 6.49. The average molecular weight is 351 g/mol. The van der Waals surface area contributed by atoms with Crippen molar-refractivity contribution in [1.29, 1.82) is 0 Å². The van der Waals surface area contributed by atoms with Gasteiger partial charge in [0.05, 0.1) is 5.56 Å². The summed E-state index contributed by atoms with van der Waals surface area (Å²) in [5, 5.41) is 2.66.